The zero-order valence-electron chi connectivity index (χ0n) is 15.3. The monoisotopic (exact) mass is 370 g/mol. The maximum absolute atomic E-state index is 11.6. The van der Waals surface area contributed by atoms with Gasteiger partial charge in [0.15, 0.2) is 8.32 Å². The third kappa shape index (κ3) is 3.92. The highest BCUT2D eigenvalue weighted by Crippen LogP contribution is 2.47. The lowest BCUT2D eigenvalue weighted by molar-refractivity contribution is 0.0647. The number of amides is 1. The van der Waals surface area contributed by atoms with Gasteiger partial charge in [0.25, 0.3) is 0 Å². The fourth-order valence-electron chi connectivity index (χ4n) is 2.62. The fourth-order valence-corrected chi connectivity index (χ4v) is 4.21. The van der Waals surface area contributed by atoms with Crippen molar-refractivity contribution in [3.8, 4) is 0 Å². The van der Waals surface area contributed by atoms with Crippen molar-refractivity contribution in [2.45, 2.75) is 64.0 Å². The molecule has 1 N–H and O–H groups in total. The van der Waals surface area contributed by atoms with Crippen LogP contribution >= 0.6 is 11.6 Å². The second-order valence-electron chi connectivity index (χ2n) is 7.69. The van der Waals surface area contributed by atoms with Crippen LogP contribution in [-0.2, 0) is 9.16 Å². The zero-order valence-corrected chi connectivity index (χ0v) is 17.0. The number of rotatable bonds is 3. The molecule has 0 aromatic carbocycles. The Kier molecular flexibility index (Phi) is 5.62. The molecule has 1 aliphatic carbocycles. The Morgan fingerprint density at radius 1 is 1.33 bits per heavy atom. The number of nitrogens with one attached hydrogen (secondary N) is 1. The van der Waals surface area contributed by atoms with Crippen LogP contribution < -0.4 is 5.32 Å². The minimum absolute atomic E-state index is 0.105. The van der Waals surface area contributed by atoms with E-state index < -0.39 is 14.4 Å². The molecule has 2 atom stereocenters. The summed E-state index contributed by atoms with van der Waals surface area (Å²) in [4.78, 5) is 15.8. The predicted octanol–water partition coefficient (Wildman–Crippen LogP) is 4.99. The van der Waals surface area contributed by atoms with Gasteiger partial charge in [0, 0.05) is 24.4 Å². The van der Waals surface area contributed by atoms with Crippen molar-refractivity contribution < 1.29 is 14.0 Å². The van der Waals surface area contributed by atoms with Gasteiger partial charge in [-0.15, -0.1) is 0 Å². The molecule has 0 aliphatic heterocycles. The minimum Gasteiger partial charge on any atom is -0.441 e. The predicted molar refractivity (Wildman–Crippen MR) is 97.8 cm³/mol. The molecule has 0 fully saturated rings. The molecule has 24 heavy (non-hydrogen) atoms. The lowest BCUT2D eigenvalue weighted by Crippen LogP contribution is -2.42. The van der Waals surface area contributed by atoms with E-state index in [0.717, 1.165) is 17.5 Å². The normalized spacial score (nSPS) is 21.1. The van der Waals surface area contributed by atoms with Crippen molar-refractivity contribution in [3.05, 3.63) is 28.5 Å². The third-order valence-electron chi connectivity index (χ3n) is 5.03. The molecule has 0 unspecified atom stereocenters. The Labute approximate surface area is 150 Å². The van der Waals surface area contributed by atoms with Gasteiger partial charge >= 0.3 is 6.09 Å². The fraction of sp³-hybridized carbons (Fsp3) is 0.647. The van der Waals surface area contributed by atoms with Crippen molar-refractivity contribution in [2.24, 2.45) is 0 Å². The molecular weight excluding hydrogens is 344 g/mol. The second kappa shape index (κ2) is 7.02. The van der Waals surface area contributed by atoms with Crippen LogP contribution in [0.4, 0.5) is 4.79 Å². The number of hydrogen-bond acceptors (Lipinski definition) is 4. The molecule has 0 spiro atoms. The van der Waals surface area contributed by atoms with Crippen LogP contribution in [0.25, 0.3) is 0 Å². The van der Waals surface area contributed by atoms with Crippen molar-refractivity contribution in [1.29, 1.82) is 0 Å². The molecule has 1 aliphatic rings. The van der Waals surface area contributed by atoms with Crippen LogP contribution in [0, 0.1) is 0 Å². The van der Waals surface area contributed by atoms with Crippen molar-refractivity contribution in [3.63, 3.8) is 0 Å². The summed E-state index contributed by atoms with van der Waals surface area (Å²) in [6, 6.07) is 1.87. The van der Waals surface area contributed by atoms with E-state index in [1.807, 2.05) is 6.07 Å². The molecule has 1 aromatic heterocycles. The number of aromatic nitrogens is 1. The first-order valence-electron chi connectivity index (χ1n) is 8.27. The summed E-state index contributed by atoms with van der Waals surface area (Å²) >= 11 is 6.38. The highest BCUT2D eigenvalue weighted by atomic mass is 35.5. The first-order valence-corrected chi connectivity index (χ1v) is 11.6. The van der Waals surface area contributed by atoms with Crippen LogP contribution in [0.2, 0.25) is 23.3 Å². The van der Waals surface area contributed by atoms with Gasteiger partial charge in [-0.25, -0.2) is 9.78 Å². The van der Waals surface area contributed by atoms with Gasteiger partial charge < -0.3 is 14.5 Å². The summed E-state index contributed by atoms with van der Waals surface area (Å²) in [5, 5.41) is 3.03. The minimum atomic E-state index is -1.95. The van der Waals surface area contributed by atoms with E-state index in [1.54, 1.807) is 13.2 Å². The highest BCUT2D eigenvalue weighted by molar-refractivity contribution is 6.74. The number of carbonyl (C=O) groups is 1. The Bertz CT molecular complexity index is 616. The van der Waals surface area contributed by atoms with E-state index in [1.165, 1.54) is 0 Å². The van der Waals surface area contributed by atoms with E-state index in [-0.39, 0.29) is 17.2 Å². The van der Waals surface area contributed by atoms with Gasteiger partial charge in [0.1, 0.15) is 11.3 Å². The molecule has 0 bridgehead atoms. The zero-order chi connectivity index (χ0) is 18.1. The molecule has 5 nitrogen and oxygen atoms in total. The summed E-state index contributed by atoms with van der Waals surface area (Å²) in [5.74, 6) is 0. The average molecular weight is 371 g/mol. The molecule has 134 valence electrons. The largest absolute Gasteiger partial charge is 0.441 e. The standard InChI is InChI=1S/C17H27ClN2O3Si/c1-17(2,3)24(5,6)23-13-8-7-12(22-16(21)19-4)11-9-10-20-15(18)14(11)13/h9-10,12-13H,7-8H2,1-6H3,(H,19,21)/t12-,13+/m1/s1. The Balaban J connectivity index is 2.34. The van der Waals surface area contributed by atoms with E-state index in [0.29, 0.717) is 11.6 Å². The Hall–Kier alpha value is -1.11. The first kappa shape index (κ1) is 19.2. The molecular formula is C17H27ClN2O3Si. The van der Waals surface area contributed by atoms with Gasteiger partial charge in [-0.3, -0.25) is 0 Å². The summed E-state index contributed by atoms with van der Waals surface area (Å²) in [6.07, 6.45) is 2.25. The summed E-state index contributed by atoms with van der Waals surface area (Å²) in [5.41, 5.74) is 1.76. The number of ether oxygens (including phenoxy) is 1. The van der Waals surface area contributed by atoms with Gasteiger partial charge in [-0.1, -0.05) is 32.4 Å². The molecule has 7 heteroatoms. The molecule has 1 amide bonds. The van der Waals surface area contributed by atoms with E-state index >= 15 is 0 Å². The van der Waals surface area contributed by atoms with Gasteiger partial charge in [0.2, 0.25) is 0 Å². The number of carbonyl (C=O) groups excluding carboxylic acids is 1. The van der Waals surface area contributed by atoms with Crippen LogP contribution in [0.3, 0.4) is 0 Å². The number of fused-ring (bicyclic) bond motifs is 1. The SMILES string of the molecule is CNC(=O)O[C@@H]1CC[C@H](O[Si](C)(C)C(C)(C)C)c2c1ccnc2Cl. The van der Waals surface area contributed by atoms with E-state index in [4.69, 9.17) is 20.8 Å². The molecule has 2 rings (SSSR count). The molecule has 1 heterocycles. The van der Waals surface area contributed by atoms with Gasteiger partial charge in [0.05, 0.1) is 6.10 Å². The Morgan fingerprint density at radius 3 is 2.54 bits per heavy atom. The quantitative estimate of drug-likeness (QED) is 0.601. The van der Waals surface area contributed by atoms with Crippen molar-refractivity contribution in [2.75, 3.05) is 7.05 Å². The Morgan fingerprint density at radius 2 is 1.96 bits per heavy atom. The van der Waals surface area contributed by atoms with E-state index in [9.17, 15) is 4.79 Å². The van der Waals surface area contributed by atoms with E-state index in [2.05, 4.69) is 44.2 Å². The smallest absolute Gasteiger partial charge is 0.407 e. The topological polar surface area (TPSA) is 60.5 Å². The molecule has 0 radical (unpaired) electrons. The number of nitrogens with zero attached hydrogens (tertiary/aromatic N) is 1. The van der Waals surface area contributed by atoms with Crippen LogP contribution in [0.1, 0.15) is 56.9 Å². The first-order chi connectivity index (χ1) is 11.1. The number of alkyl carbamates (subject to hydrolysis) is 1. The summed E-state index contributed by atoms with van der Waals surface area (Å²) in [7, 11) is -0.401. The van der Waals surface area contributed by atoms with Crippen molar-refractivity contribution >= 4 is 26.0 Å². The molecule has 1 aromatic rings. The number of halogens is 1. The van der Waals surface area contributed by atoms with Crippen LogP contribution in [0.5, 0.6) is 0 Å². The maximum atomic E-state index is 11.6. The lowest BCUT2D eigenvalue weighted by atomic mass is 9.88. The molecule has 0 saturated heterocycles. The molecule has 0 saturated carbocycles. The third-order valence-corrected chi connectivity index (χ3v) is 9.82. The number of hydrogen-bond donors (Lipinski definition) is 1. The summed E-state index contributed by atoms with van der Waals surface area (Å²) in [6.45, 7) is 11.1. The van der Waals surface area contributed by atoms with Gasteiger partial charge in [-0.2, -0.15) is 0 Å². The number of pyridine rings is 1. The van der Waals surface area contributed by atoms with Gasteiger partial charge in [-0.05, 0) is 37.0 Å². The van der Waals surface area contributed by atoms with Crippen LogP contribution in [0.15, 0.2) is 12.3 Å². The highest BCUT2D eigenvalue weighted by Gasteiger charge is 2.42. The average Bonchev–Trinajstić information content (AvgIpc) is 2.48. The second-order valence-corrected chi connectivity index (χ2v) is 12.8. The van der Waals surface area contributed by atoms with Crippen LogP contribution in [-0.4, -0.2) is 26.4 Å². The van der Waals surface area contributed by atoms with Crippen molar-refractivity contribution in [1.82, 2.24) is 10.3 Å². The lowest BCUT2D eigenvalue weighted by Gasteiger charge is -2.41. The maximum Gasteiger partial charge on any atom is 0.407 e. The summed E-state index contributed by atoms with van der Waals surface area (Å²) < 4.78 is 12.1.